The smallest absolute Gasteiger partial charge is 0.306 e. The van der Waals surface area contributed by atoms with Crippen LogP contribution in [0.4, 0.5) is 0 Å². The van der Waals surface area contributed by atoms with Gasteiger partial charge in [-0.3, -0.25) is 4.79 Å². The van der Waals surface area contributed by atoms with Gasteiger partial charge in [0.25, 0.3) is 0 Å². The average Bonchev–Trinajstić information content (AvgIpc) is 2.38. The van der Waals surface area contributed by atoms with Gasteiger partial charge in [-0.05, 0) is 66.6 Å². The Morgan fingerprint density at radius 3 is 2.45 bits per heavy atom. The van der Waals surface area contributed by atoms with E-state index in [4.69, 9.17) is 5.11 Å². The second-order valence-electron chi connectivity index (χ2n) is 4.98. The Morgan fingerprint density at radius 2 is 1.95 bits per heavy atom. The van der Waals surface area contributed by atoms with E-state index in [0.29, 0.717) is 12.8 Å². The van der Waals surface area contributed by atoms with Crippen LogP contribution in [0.25, 0.3) is 0 Å². The van der Waals surface area contributed by atoms with Crippen LogP contribution >= 0.6 is 22.6 Å². The molecule has 1 aliphatic rings. The Bertz CT molecular complexity index is 599. The van der Waals surface area contributed by atoms with Crippen LogP contribution in [-0.2, 0) is 14.8 Å². The van der Waals surface area contributed by atoms with E-state index in [1.807, 2.05) is 0 Å². The lowest BCUT2D eigenvalue weighted by atomic mass is 9.93. The molecular formula is C13H16INO4S. The summed E-state index contributed by atoms with van der Waals surface area (Å²) in [5, 5.41) is 9.02. The summed E-state index contributed by atoms with van der Waals surface area (Å²) in [6.45, 7) is 2.02. The minimum absolute atomic E-state index is 0.256. The number of rotatable bonds is 3. The third kappa shape index (κ3) is 3.15. The number of piperidine rings is 1. The Hall–Kier alpha value is -0.670. The Balaban J connectivity index is 2.23. The molecule has 2 atom stereocenters. The number of sulfonamides is 1. The van der Waals surface area contributed by atoms with Crippen molar-refractivity contribution in [1.82, 2.24) is 4.31 Å². The van der Waals surface area contributed by atoms with E-state index in [1.165, 1.54) is 4.31 Å². The van der Waals surface area contributed by atoms with E-state index >= 15 is 0 Å². The van der Waals surface area contributed by atoms with Crippen molar-refractivity contribution in [2.45, 2.75) is 30.7 Å². The topological polar surface area (TPSA) is 74.7 Å². The predicted molar refractivity (Wildman–Crippen MR) is 82.9 cm³/mol. The molecule has 1 aromatic carbocycles. The van der Waals surface area contributed by atoms with Crippen molar-refractivity contribution in [2.24, 2.45) is 5.92 Å². The second-order valence-corrected chi connectivity index (χ2v) is 8.11. The predicted octanol–water partition coefficient (Wildman–Crippen LogP) is 2.17. The van der Waals surface area contributed by atoms with Gasteiger partial charge in [-0.25, -0.2) is 8.42 Å². The van der Waals surface area contributed by atoms with Gasteiger partial charge in [-0.2, -0.15) is 4.31 Å². The highest BCUT2D eigenvalue weighted by molar-refractivity contribution is 14.1. The van der Waals surface area contributed by atoms with Gasteiger partial charge >= 0.3 is 5.97 Å². The van der Waals surface area contributed by atoms with E-state index in [1.54, 1.807) is 31.2 Å². The SMILES string of the molecule is CC1CC(C(=O)O)CCN1S(=O)(=O)c1ccc(I)cc1. The highest BCUT2D eigenvalue weighted by Crippen LogP contribution is 2.28. The summed E-state index contributed by atoms with van der Waals surface area (Å²) in [7, 11) is -3.54. The zero-order chi connectivity index (χ0) is 14.9. The van der Waals surface area contributed by atoms with E-state index < -0.39 is 21.9 Å². The lowest BCUT2D eigenvalue weighted by Gasteiger charge is -2.35. The minimum atomic E-state index is -3.54. The molecule has 0 spiro atoms. The summed E-state index contributed by atoms with van der Waals surface area (Å²) in [5.41, 5.74) is 0. The summed E-state index contributed by atoms with van der Waals surface area (Å²) in [6, 6.07) is 6.39. The molecule has 110 valence electrons. The number of carbonyl (C=O) groups is 1. The monoisotopic (exact) mass is 409 g/mol. The van der Waals surface area contributed by atoms with Gasteiger partial charge in [0, 0.05) is 16.2 Å². The maximum absolute atomic E-state index is 12.6. The normalized spacial score (nSPS) is 24.5. The molecule has 1 heterocycles. The third-order valence-corrected chi connectivity index (χ3v) is 6.33. The van der Waals surface area contributed by atoms with Crippen molar-refractivity contribution in [3.8, 4) is 0 Å². The van der Waals surface area contributed by atoms with Crippen molar-refractivity contribution in [3.63, 3.8) is 0 Å². The van der Waals surface area contributed by atoms with Crippen LogP contribution in [0.5, 0.6) is 0 Å². The van der Waals surface area contributed by atoms with Crippen LogP contribution in [0.1, 0.15) is 19.8 Å². The van der Waals surface area contributed by atoms with Gasteiger partial charge in [-0.15, -0.1) is 0 Å². The first-order chi connectivity index (χ1) is 9.32. The fourth-order valence-electron chi connectivity index (χ4n) is 2.47. The van der Waals surface area contributed by atoms with E-state index in [0.717, 1.165) is 3.57 Å². The fourth-order valence-corrected chi connectivity index (χ4v) is 4.49. The number of carboxylic acid groups (broad SMARTS) is 1. The second kappa shape index (κ2) is 5.98. The molecule has 7 heteroatoms. The molecule has 1 fully saturated rings. The quantitative estimate of drug-likeness (QED) is 0.777. The zero-order valence-corrected chi connectivity index (χ0v) is 14.0. The molecular weight excluding hydrogens is 393 g/mol. The molecule has 0 bridgehead atoms. The third-order valence-electron chi connectivity index (χ3n) is 3.58. The van der Waals surface area contributed by atoms with Gasteiger partial charge in [0.15, 0.2) is 0 Å². The number of carboxylic acids is 1. The van der Waals surface area contributed by atoms with Crippen LogP contribution in [0.2, 0.25) is 0 Å². The van der Waals surface area contributed by atoms with Gasteiger partial charge in [0.2, 0.25) is 10.0 Å². The molecule has 1 saturated heterocycles. The number of nitrogens with zero attached hydrogens (tertiary/aromatic N) is 1. The van der Waals surface area contributed by atoms with Crippen LogP contribution in [0.3, 0.4) is 0 Å². The molecule has 5 nitrogen and oxygen atoms in total. The molecule has 1 aromatic rings. The van der Waals surface area contributed by atoms with Gasteiger partial charge < -0.3 is 5.11 Å². The maximum Gasteiger partial charge on any atom is 0.306 e. The summed E-state index contributed by atoms with van der Waals surface area (Å²) in [5.74, 6) is -1.30. The van der Waals surface area contributed by atoms with Gasteiger partial charge in [0.1, 0.15) is 0 Å². The average molecular weight is 409 g/mol. The van der Waals surface area contributed by atoms with E-state index in [2.05, 4.69) is 22.6 Å². The first-order valence-corrected chi connectivity index (χ1v) is 8.84. The molecule has 1 aliphatic heterocycles. The first kappa shape index (κ1) is 15.7. The molecule has 0 radical (unpaired) electrons. The number of hydrogen-bond acceptors (Lipinski definition) is 3. The van der Waals surface area contributed by atoms with Crippen molar-refractivity contribution < 1.29 is 18.3 Å². The lowest BCUT2D eigenvalue weighted by Crippen LogP contribution is -2.45. The summed E-state index contributed by atoms with van der Waals surface area (Å²) in [6.07, 6.45) is 0.724. The van der Waals surface area contributed by atoms with Gasteiger partial charge in [0.05, 0.1) is 10.8 Å². The van der Waals surface area contributed by atoms with Crippen LogP contribution in [-0.4, -0.2) is 36.4 Å². The fraction of sp³-hybridized carbons (Fsp3) is 0.462. The first-order valence-electron chi connectivity index (χ1n) is 6.32. The van der Waals surface area contributed by atoms with Crippen LogP contribution < -0.4 is 0 Å². The largest absolute Gasteiger partial charge is 0.481 e. The molecule has 1 N–H and O–H groups in total. The summed E-state index contributed by atoms with van der Waals surface area (Å²) in [4.78, 5) is 11.3. The highest BCUT2D eigenvalue weighted by atomic mass is 127. The molecule has 0 aliphatic carbocycles. The number of aliphatic carboxylic acids is 1. The number of halogens is 1. The molecule has 20 heavy (non-hydrogen) atoms. The molecule has 2 unspecified atom stereocenters. The Morgan fingerprint density at radius 1 is 1.35 bits per heavy atom. The van der Waals surface area contributed by atoms with Gasteiger partial charge in [-0.1, -0.05) is 0 Å². The standard InChI is InChI=1S/C13H16INO4S/c1-9-8-10(13(16)17)6-7-15(9)20(18,19)12-4-2-11(14)3-5-12/h2-5,9-10H,6-8H2,1H3,(H,16,17). The molecule has 0 saturated carbocycles. The Labute approximate surface area is 132 Å². The maximum atomic E-state index is 12.6. The van der Waals surface area contributed by atoms with E-state index in [-0.39, 0.29) is 17.5 Å². The van der Waals surface area contributed by atoms with Crippen molar-refractivity contribution in [2.75, 3.05) is 6.54 Å². The van der Waals surface area contributed by atoms with Crippen LogP contribution in [0, 0.1) is 9.49 Å². The number of benzene rings is 1. The highest BCUT2D eigenvalue weighted by Gasteiger charge is 2.36. The summed E-state index contributed by atoms with van der Waals surface area (Å²) >= 11 is 2.12. The molecule has 2 rings (SSSR count). The number of hydrogen-bond donors (Lipinski definition) is 1. The van der Waals surface area contributed by atoms with Crippen molar-refractivity contribution >= 4 is 38.6 Å². The molecule has 0 aromatic heterocycles. The zero-order valence-electron chi connectivity index (χ0n) is 11.0. The summed E-state index contributed by atoms with van der Waals surface area (Å²) < 4.78 is 27.5. The Kier molecular flexibility index (Phi) is 4.70. The van der Waals surface area contributed by atoms with Crippen LogP contribution in [0.15, 0.2) is 29.2 Å². The van der Waals surface area contributed by atoms with E-state index in [9.17, 15) is 13.2 Å². The molecule has 0 amide bonds. The lowest BCUT2D eigenvalue weighted by molar-refractivity contribution is -0.143. The minimum Gasteiger partial charge on any atom is -0.481 e. The van der Waals surface area contributed by atoms with Crippen molar-refractivity contribution in [3.05, 3.63) is 27.8 Å². The van der Waals surface area contributed by atoms with Crippen molar-refractivity contribution in [1.29, 1.82) is 0 Å².